The molecule has 2 aromatic carbocycles. The summed E-state index contributed by atoms with van der Waals surface area (Å²) in [6, 6.07) is 9.90. The number of halogens is 3. The smallest absolute Gasteiger partial charge is 0.248 e. The summed E-state index contributed by atoms with van der Waals surface area (Å²) in [5.41, 5.74) is 1.94. The lowest BCUT2D eigenvalue weighted by molar-refractivity contribution is -0.137. The summed E-state index contributed by atoms with van der Waals surface area (Å²) in [6.07, 6.45) is 0.431. The minimum atomic E-state index is -4.12. The largest absolute Gasteiger partial charge is 0.370 e. The molecule has 2 aromatic rings. The molecule has 3 rings (SSSR count). The molecule has 1 aliphatic heterocycles. The maximum Gasteiger partial charge on any atom is 0.248 e. The van der Waals surface area contributed by atoms with Gasteiger partial charge in [0.15, 0.2) is 0 Å². The summed E-state index contributed by atoms with van der Waals surface area (Å²) in [7, 11) is -4.12. The predicted molar refractivity (Wildman–Crippen MR) is 171 cm³/mol. The number of carbonyl (C=O) groups excluding carboxylic acids is 1. The zero-order valence-corrected chi connectivity index (χ0v) is 28.1. The van der Waals surface area contributed by atoms with Crippen LogP contribution in [0.4, 0.5) is 0 Å². The van der Waals surface area contributed by atoms with Gasteiger partial charge in [0.2, 0.25) is 15.9 Å². The molecule has 0 aliphatic carbocycles. The summed E-state index contributed by atoms with van der Waals surface area (Å²) >= 11 is 18.8. The van der Waals surface area contributed by atoms with Crippen LogP contribution < -0.4 is 0 Å². The van der Waals surface area contributed by atoms with Gasteiger partial charge in [0, 0.05) is 37.7 Å². The zero-order chi connectivity index (χ0) is 30.9. The lowest BCUT2D eigenvalue weighted by Gasteiger charge is -2.36. The van der Waals surface area contributed by atoms with Crippen molar-refractivity contribution in [3.05, 3.63) is 62.6 Å². The lowest BCUT2D eigenvalue weighted by atomic mass is 9.96. The monoisotopic (exact) mass is 660 g/mol. The molecule has 0 radical (unpaired) electrons. The van der Waals surface area contributed by atoms with Gasteiger partial charge in [-0.15, -0.1) is 0 Å². The third-order valence-electron chi connectivity index (χ3n) is 7.89. The third kappa shape index (κ3) is 9.05. The number of amides is 1. The van der Waals surface area contributed by atoms with Crippen molar-refractivity contribution in [2.24, 2.45) is 0 Å². The summed E-state index contributed by atoms with van der Waals surface area (Å²) < 4.78 is 35.3. The highest BCUT2D eigenvalue weighted by Crippen LogP contribution is 2.37. The number of benzene rings is 2. The van der Waals surface area contributed by atoms with Crippen molar-refractivity contribution in [1.29, 1.82) is 0 Å². The second-order valence-corrected chi connectivity index (χ2v) is 13.4. The summed E-state index contributed by atoms with van der Waals surface area (Å²) in [6.45, 7) is 14.9. The van der Waals surface area contributed by atoms with Crippen molar-refractivity contribution in [2.45, 2.75) is 51.6 Å². The number of nitrogens with zero attached hydrogens (tertiary/aromatic N) is 4. The van der Waals surface area contributed by atoms with Crippen molar-refractivity contribution < 1.29 is 17.9 Å². The van der Waals surface area contributed by atoms with Gasteiger partial charge in [0.05, 0.1) is 22.7 Å². The molecule has 1 unspecified atom stereocenters. The molecule has 1 heterocycles. The molecule has 12 heteroatoms. The summed E-state index contributed by atoms with van der Waals surface area (Å²) in [5.74, 6) is -0.108. The molecule has 1 atom stereocenters. The Morgan fingerprint density at radius 2 is 1.40 bits per heavy atom. The van der Waals surface area contributed by atoms with Gasteiger partial charge in [-0.05, 0) is 55.9 Å². The van der Waals surface area contributed by atoms with E-state index in [-0.39, 0.29) is 45.6 Å². The highest BCUT2D eigenvalue weighted by Gasteiger charge is 2.38. The first-order chi connectivity index (χ1) is 20.0. The van der Waals surface area contributed by atoms with Gasteiger partial charge in [0.1, 0.15) is 11.5 Å². The van der Waals surface area contributed by atoms with Gasteiger partial charge in [-0.2, -0.15) is 4.31 Å². The second-order valence-electron chi connectivity index (χ2n) is 10.3. The molecular weight excluding hydrogens is 619 g/mol. The average Bonchev–Trinajstić information content (AvgIpc) is 2.95. The maximum absolute atomic E-state index is 14.0. The van der Waals surface area contributed by atoms with E-state index in [1.807, 2.05) is 29.2 Å². The van der Waals surface area contributed by atoms with Crippen molar-refractivity contribution in [3.8, 4) is 0 Å². The number of likely N-dealkylation sites (N-methyl/N-ethyl adjacent to an activating group) is 2. The maximum atomic E-state index is 14.0. The van der Waals surface area contributed by atoms with Crippen LogP contribution in [0.25, 0.3) is 0 Å². The summed E-state index contributed by atoms with van der Waals surface area (Å²) in [5, 5.41) is 0.161. The molecule has 1 aliphatic rings. The van der Waals surface area contributed by atoms with E-state index in [0.29, 0.717) is 19.5 Å². The van der Waals surface area contributed by atoms with Gasteiger partial charge >= 0.3 is 0 Å². The molecule has 42 heavy (non-hydrogen) atoms. The van der Waals surface area contributed by atoms with Crippen LogP contribution >= 0.6 is 34.8 Å². The Morgan fingerprint density at radius 3 is 1.93 bits per heavy atom. The lowest BCUT2D eigenvalue weighted by Crippen LogP contribution is -2.48. The molecule has 8 nitrogen and oxygen atoms in total. The van der Waals surface area contributed by atoms with Crippen molar-refractivity contribution in [2.75, 3.05) is 65.6 Å². The fraction of sp³-hybridized carbons (Fsp3) is 0.567. The zero-order valence-electron chi connectivity index (χ0n) is 25.0. The van der Waals surface area contributed by atoms with E-state index in [4.69, 9.17) is 39.5 Å². The molecule has 234 valence electrons. The van der Waals surface area contributed by atoms with Crippen LogP contribution in [0.5, 0.6) is 0 Å². The van der Waals surface area contributed by atoms with Crippen LogP contribution in [0.15, 0.2) is 41.3 Å². The van der Waals surface area contributed by atoms with Crippen LogP contribution in [0.1, 0.15) is 38.8 Å². The first-order valence-corrected chi connectivity index (χ1v) is 17.2. The number of rotatable bonds is 16. The molecule has 1 amide bonds. The molecule has 0 spiro atoms. The van der Waals surface area contributed by atoms with Crippen molar-refractivity contribution in [1.82, 2.24) is 19.0 Å². The Bertz CT molecular complexity index is 1250. The molecule has 0 aromatic heterocycles. The SMILES string of the molecule is CCN(CC)CCN(CCN(CC)CC)C(=O)COCC1Cc2ccccc2CN1S(=O)(=O)c1c(Cl)cc(Cl)cc1Cl. The van der Waals surface area contributed by atoms with Crippen LogP contribution in [-0.2, 0) is 32.5 Å². The normalized spacial score (nSPS) is 15.8. The number of hydrogen-bond donors (Lipinski definition) is 0. The molecule has 0 bridgehead atoms. The van der Waals surface area contributed by atoms with Crippen LogP contribution in [0, 0.1) is 0 Å². The number of ether oxygens (including phenoxy) is 1. The number of hydrogen-bond acceptors (Lipinski definition) is 6. The Morgan fingerprint density at radius 1 is 0.881 bits per heavy atom. The average molecular weight is 662 g/mol. The highest BCUT2D eigenvalue weighted by molar-refractivity contribution is 7.89. The molecule has 0 saturated carbocycles. The van der Waals surface area contributed by atoms with Crippen molar-refractivity contribution in [3.63, 3.8) is 0 Å². The quantitative estimate of drug-likeness (QED) is 0.244. The first kappa shape index (κ1) is 35.1. The fourth-order valence-electron chi connectivity index (χ4n) is 5.22. The van der Waals surface area contributed by atoms with E-state index in [1.54, 1.807) is 0 Å². The Hall–Kier alpha value is -1.43. The van der Waals surface area contributed by atoms with E-state index in [9.17, 15) is 13.2 Å². The number of carbonyl (C=O) groups is 1. The van der Waals surface area contributed by atoms with E-state index in [0.717, 1.165) is 50.4 Å². The van der Waals surface area contributed by atoms with Crippen molar-refractivity contribution >= 4 is 50.7 Å². The van der Waals surface area contributed by atoms with Crippen LogP contribution in [-0.4, -0.2) is 105 Å². The van der Waals surface area contributed by atoms with Gasteiger partial charge < -0.3 is 19.4 Å². The molecule has 0 N–H and O–H groups in total. The molecule has 0 fully saturated rings. The Kier molecular flexibility index (Phi) is 13.8. The van der Waals surface area contributed by atoms with Gasteiger partial charge in [-0.1, -0.05) is 86.8 Å². The number of fused-ring (bicyclic) bond motifs is 1. The fourth-order valence-corrected chi connectivity index (χ4v) is 8.30. The van der Waals surface area contributed by atoms with E-state index in [2.05, 4.69) is 37.5 Å². The van der Waals surface area contributed by atoms with Gasteiger partial charge in [-0.3, -0.25) is 4.79 Å². The van der Waals surface area contributed by atoms with Crippen LogP contribution in [0.2, 0.25) is 15.1 Å². The predicted octanol–water partition coefficient (Wildman–Crippen LogP) is 5.29. The molecular formula is C30H43Cl3N4O4S. The van der Waals surface area contributed by atoms with Gasteiger partial charge in [0.25, 0.3) is 0 Å². The Balaban J connectivity index is 1.77. The first-order valence-electron chi connectivity index (χ1n) is 14.6. The van der Waals surface area contributed by atoms with Crippen LogP contribution in [0.3, 0.4) is 0 Å². The highest BCUT2D eigenvalue weighted by atomic mass is 35.5. The number of sulfonamides is 1. The Labute approximate surface area is 266 Å². The minimum Gasteiger partial charge on any atom is -0.370 e. The topological polar surface area (TPSA) is 73.4 Å². The van der Waals surface area contributed by atoms with Gasteiger partial charge in [-0.25, -0.2) is 8.42 Å². The summed E-state index contributed by atoms with van der Waals surface area (Å²) in [4.78, 5) is 19.6. The second kappa shape index (κ2) is 16.6. The van der Waals surface area contributed by atoms with E-state index < -0.39 is 16.1 Å². The third-order valence-corrected chi connectivity index (χ3v) is 10.9. The van der Waals surface area contributed by atoms with E-state index in [1.165, 1.54) is 16.4 Å². The molecule has 0 saturated heterocycles. The minimum absolute atomic E-state index is 0.0433. The standard InChI is InChI=1S/C30H43Cl3N4O4S/c1-5-34(6-2)13-15-36(16-14-35(7-3)8-4)29(38)22-41-21-26-17-23-11-9-10-12-24(23)20-37(26)42(39,40)30-27(32)18-25(31)19-28(30)33/h9-12,18-19,26H,5-8,13-17,20-22H2,1-4H3. The van der Waals surface area contributed by atoms with E-state index >= 15 is 0 Å².